The van der Waals surface area contributed by atoms with Crippen LogP contribution in [0.25, 0.3) is 0 Å². The molecule has 2 nitrogen and oxygen atoms in total. The van der Waals surface area contributed by atoms with Gasteiger partial charge in [0.1, 0.15) is 0 Å². The molecule has 0 aromatic carbocycles. The average molecular weight is 215 g/mol. The Labute approximate surface area is 95.3 Å². The molecule has 1 radical (unpaired) electrons. The van der Waals surface area contributed by atoms with E-state index in [1.807, 2.05) is 6.92 Å². The van der Waals surface area contributed by atoms with Gasteiger partial charge in [0.2, 0.25) is 0 Å². The molecule has 0 N–H and O–H groups in total. The van der Waals surface area contributed by atoms with E-state index in [2.05, 4.69) is 27.7 Å². The van der Waals surface area contributed by atoms with Crippen molar-refractivity contribution in [2.75, 3.05) is 26.9 Å². The molecule has 0 aliphatic carbocycles. The van der Waals surface area contributed by atoms with Crippen LogP contribution in [0.2, 0.25) is 0 Å². The lowest BCUT2D eigenvalue weighted by atomic mass is 9.71. The summed E-state index contributed by atoms with van der Waals surface area (Å²) in [6.45, 7) is 13.5. The highest BCUT2D eigenvalue weighted by Gasteiger charge is 2.31. The SMILES string of the molecule is CCOCCC(C)(C)C(COC)[C](C)C. The molecule has 0 rings (SSSR count). The van der Waals surface area contributed by atoms with Gasteiger partial charge in [-0.05, 0) is 30.6 Å². The van der Waals surface area contributed by atoms with Crippen LogP contribution in [0.5, 0.6) is 0 Å². The van der Waals surface area contributed by atoms with Crippen molar-refractivity contribution in [3.63, 3.8) is 0 Å². The van der Waals surface area contributed by atoms with Crippen LogP contribution < -0.4 is 0 Å². The Morgan fingerprint density at radius 2 is 1.87 bits per heavy atom. The highest BCUT2D eigenvalue weighted by Crippen LogP contribution is 2.36. The quantitative estimate of drug-likeness (QED) is 0.578. The van der Waals surface area contributed by atoms with Crippen LogP contribution in [-0.4, -0.2) is 26.9 Å². The van der Waals surface area contributed by atoms with E-state index in [0.29, 0.717) is 5.92 Å². The van der Waals surface area contributed by atoms with Crippen LogP contribution in [0, 0.1) is 17.3 Å². The smallest absolute Gasteiger partial charge is 0.0500 e. The fourth-order valence-electron chi connectivity index (χ4n) is 1.99. The summed E-state index contributed by atoms with van der Waals surface area (Å²) in [7, 11) is 1.77. The van der Waals surface area contributed by atoms with Gasteiger partial charge in [-0.15, -0.1) is 0 Å². The van der Waals surface area contributed by atoms with E-state index in [1.165, 1.54) is 5.92 Å². The van der Waals surface area contributed by atoms with Crippen molar-refractivity contribution in [1.29, 1.82) is 0 Å². The first-order chi connectivity index (χ1) is 6.95. The normalized spacial score (nSPS) is 14.6. The van der Waals surface area contributed by atoms with Crippen molar-refractivity contribution in [2.24, 2.45) is 11.3 Å². The minimum atomic E-state index is 0.254. The van der Waals surface area contributed by atoms with Gasteiger partial charge in [0.15, 0.2) is 0 Å². The summed E-state index contributed by atoms with van der Waals surface area (Å²) in [6, 6.07) is 0. The first-order valence-corrected chi connectivity index (χ1v) is 5.82. The van der Waals surface area contributed by atoms with E-state index in [9.17, 15) is 0 Å². The number of hydrogen-bond donors (Lipinski definition) is 0. The number of rotatable bonds is 8. The summed E-state index contributed by atoms with van der Waals surface area (Å²) in [4.78, 5) is 0. The molecular weight excluding hydrogens is 188 g/mol. The van der Waals surface area contributed by atoms with Gasteiger partial charge in [0, 0.05) is 20.3 Å². The van der Waals surface area contributed by atoms with Crippen LogP contribution >= 0.6 is 0 Å². The third-order valence-corrected chi connectivity index (χ3v) is 3.07. The van der Waals surface area contributed by atoms with Crippen LogP contribution in [0.3, 0.4) is 0 Å². The molecule has 0 saturated heterocycles. The van der Waals surface area contributed by atoms with E-state index >= 15 is 0 Å². The van der Waals surface area contributed by atoms with Crippen molar-refractivity contribution >= 4 is 0 Å². The second-order valence-electron chi connectivity index (χ2n) is 5.02. The Morgan fingerprint density at radius 3 is 2.27 bits per heavy atom. The van der Waals surface area contributed by atoms with Gasteiger partial charge in [-0.25, -0.2) is 0 Å². The molecule has 0 bridgehead atoms. The summed E-state index contributed by atoms with van der Waals surface area (Å²) >= 11 is 0. The lowest BCUT2D eigenvalue weighted by Crippen LogP contribution is -2.32. The summed E-state index contributed by atoms with van der Waals surface area (Å²) in [5, 5.41) is 0. The second kappa shape index (κ2) is 7.24. The average Bonchev–Trinajstić information content (AvgIpc) is 2.13. The first-order valence-electron chi connectivity index (χ1n) is 5.82. The van der Waals surface area contributed by atoms with E-state index in [-0.39, 0.29) is 5.41 Å². The number of hydrogen-bond acceptors (Lipinski definition) is 2. The molecule has 1 unspecified atom stereocenters. The molecule has 15 heavy (non-hydrogen) atoms. The third kappa shape index (κ3) is 5.53. The highest BCUT2D eigenvalue weighted by molar-refractivity contribution is 4.95. The Kier molecular flexibility index (Phi) is 7.20. The fraction of sp³-hybridized carbons (Fsp3) is 0.923. The standard InChI is InChI=1S/C13H27O2/c1-7-15-9-8-13(4,5)12(10-14-6)11(2)3/h12H,7-10H2,1-6H3. The Morgan fingerprint density at radius 1 is 1.27 bits per heavy atom. The molecule has 2 heteroatoms. The van der Waals surface area contributed by atoms with Gasteiger partial charge in [0.25, 0.3) is 0 Å². The summed E-state index contributed by atoms with van der Waals surface area (Å²) in [5.74, 6) is 1.96. The lowest BCUT2D eigenvalue weighted by Gasteiger charge is -2.36. The van der Waals surface area contributed by atoms with E-state index in [1.54, 1.807) is 7.11 Å². The second-order valence-corrected chi connectivity index (χ2v) is 5.02. The molecule has 0 saturated carbocycles. The predicted molar refractivity (Wildman–Crippen MR) is 64.8 cm³/mol. The minimum absolute atomic E-state index is 0.254. The molecule has 0 fully saturated rings. The van der Waals surface area contributed by atoms with Crippen LogP contribution in [0.15, 0.2) is 0 Å². The fourth-order valence-corrected chi connectivity index (χ4v) is 1.99. The van der Waals surface area contributed by atoms with Crippen molar-refractivity contribution in [2.45, 2.75) is 41.0 Å². The number of methoxy groups -OCH3 is 1. The van der Waals surface area contributed by atoms with Crippen LogP contribution in [-0.2, 0) is 9.47 Å². The predicted octanol–water partition coefficient (Wildman–Crippen LogP) is 3.32. The Balaban J connectivity index is 4.22. The topological polar surface area (TPSA) is 18.5 Å². The van der Waals surface area contributed by atoms with Gasteiger partial charge in [-0.2, -0.15) is 0 Å². The molecule has 1 atom stereocenters. The molecule has 0 aliphatic rings. The molecule has 0 aromatic rings. The van der Waals surface area contributed by atoms with Crippen LogP contribution in [0.4, 0.5) is 0 Å². The van der Waals surface area contributed by atoms with Gasteiger partial charge >= 0.3 is 0 Å². The highest BCUT2D eigenvalue weighted by atomic mass is 16.5. The molecule has 0 heterocycles. The third-order valence-electron chi connectivity index (χ3n) is 3.07. The maximum absolute atomic E-state index is 5.43. The molecule has 0 aromatic heterocycles. The Bertz CT molecular complexity index is 153. The summed E-state index contributed by atoms with van der Waals surface area (Å²) < 4.78 is 10.7. The van der Waals surface area contributed by atoms with Gasteiger partial charge in [-0.1, -0.05) is 27.7 Å². The van der Waals surface area contributed by atoms with Gasteiger partial charge < -0.3 is 9.47 Å². The lowest BCUT2D eigenvalue weighted by molar-refractivity contribution is 0.0526. The summed E-state index contributed by atoms with van der Waals surface area (Å²) in [6.07, 6.45) is 1.08. The largest absolute Gasteiger partial charge is 0.384 e. The zero-order valence-corrected chi connectivity index (χ0v) is 11.2. The van der Waals surface area contributed by atoms with E-state index in [4.69, 9.17) is 9.47 Å². The molecule has 0 amide bonds. The molecule has 0 aliphatic heterocycles. The maximum atomic E-state index is 5.43. The first kappa shape index (κ1) is 14.9. The Hall–Kier alpha value is -0.0800. The summed E-state index contributed by atoms with van der Waals surface area (Å²) in [5.41, 5.74) is 0.254. The maximum Gasteiger partial charge on any atom is 0.0500 e. The van der Waals surface area contributed by atoms with Crippen molar-refractivity contribution in [1.82, 2.24) is 0 Å². The minimum Gasteiger partial charge on any atom is -0.384 e. The van der Waals surface area contributed by atoms with Gasteiger partial charge in [-0.3, -0.25) is 0 Å². The van der Waals surface area contributed by atoms with Crippen LogP contribution in [0.1, 0.15) is 41.0 Å². The zero-order chi connectivity index (χ0) is 11.9. The van der Waals surface area contributed by atoms with Gasteiger partial charge in [0.05, 0.1) is 6.61 Å². The monoisotopic (exact) mass is 215 g/mol. The van der Waals surface area contributed by atoms with Crippen molar-refractivity contribution in [3.05, 3.63) is 5.92 Å². The van der Waals surface area contributed by atoms with Crippen molar-refractivity contribution in [3.8, 4) is 0 Å². The van der Waals surface area contributed by atoms with E-state index in [0.717, 1.165) is 26.2 Å². The van der Waals surface area contributed by atoms with Crippen molar-refractivity contribution < 1.29 is 9.47 Å². The molecule has 0 spiro atoms. The molecular formula is C13H27O2. The zero-order valence-electron chi connectivity index (χ0n) is 11.2. The number of ether oxygens (including phenoxy) is 2. The molecule has 91 valence electrons. The van der Waals surface area contributed by atoms with E-state index < -0.39 is 0 Å².